The second kappa shape index (κ2) is 12.1. The highest BCUT2D eigenvalue weighted by Crippen LogP contribution is 2.24. The van der Waals surface area contributed by atoms with Gasteiger partial charge in [0.25, 0.3) is 0 Å². The maximum Gasteiger partial charge on any atom is 0.248 e. The number of ether oxygens (including phenoxy) is 2. The molecule has 0 aliphatic rings. The zero-order valence-electron chi connectivity index (χ0n) is 19.5. The minimum Gasteiger partial charge on any atom is -0.496 e. The summed E-state index contributed by atoms with van der Waals surface area (Å²) in [5.41, 5.74) is 7.30. The lowest BCUT2D eigenvalue weighted by atomic mass is 10.1. The molecule has 2 N–H and O–H groups in total. The second-order valence-electron chi connectivity index (χ2n) is 7.17. The lowest BCUT2D eigenvalue weighted by molar-refractivity contribution is -0.132. The fraction of sp³-hybridized carbons (Fsp3) is 0.261. The van der Waals surface area contributed by atoms with Crippen LogP contribution < -0.4 is 20.3 Å². The molecule has 0 radical (unpaired) electrons. The first-order chi connectivity index (χ1) is 16.1. The van der Waals surface area contributed by atoms with E-state index in [1.54, 1.807) is 38.4 Å². The predicted molar refractivity (Wildman–Crippen MR) is 136 cm³/mol. The molecular formula is C23H26N4O5S2. The molecule has 11 heteroatoms. The van der Waals surface area contributed by atoms with Crippen molar-refractivity contribution in [2.24, 2.45) is 0 Å². The number of hydrogen-bond acceptors (Lipinski definition) is 7. The fourth-order valence-electron chi connectivity index (χ4n) is 3.18. The molecule has 0 aliphatic carbocycles. The second-order valence-corrected chi connectivity index (χ2v) is 7.94. The third-order valence-electron chi connectivity index (χ3n) is 4.80. The van der Waals surface area contributed by atoms with Crippen LogP contribution in [0.3, 0.4) is 0 Å². The lowest BCUT2D eigenvalue weighted by Gasteiger charge is -2.24. The zero-order valence-corrected chi connectivity index (χ0v) is 21.1. The van der Waals surface area contributed by atoms with Gasteiger partial charge in [-0.15, -0.1) is 0 Å². The molecule has 0 saturated heterocycles. The third kappa shape index (κ3) is 6.27. The van der Waals surface area contributed by atoms with Crippen molar-refractivity contribution in [1.82, 2.24) is 20.9 Å². The van der Waals surface area contributed by atoms with Crippen LogP contribution in [0.2, 0.25) is 0 Å². The zero-order chi connectivity index (χ0) is 25.4. The Morgan fingerprint density at radius 3 is 1.97 bits per heavy atom. The molecule has 2 aromatic rings. The molecule has 0 heterocycles. The summed E-state index contributed by atoms with van der Waals surface area (Å²) in [5, 5.41) is 2.61. The van der Waals surface area contributed by atoms with Gasteiger partial charge in [0.15, 0.2) is 6.29 Å². The van der Waals surface area contributed by atoms with Gasteiger partial charge in [-0.1, -0.05) is 48.7 Å². The Morgan fingerprint density at radius 2 is 1.44 bits per heavy atom. The monoisotopic (exact) mass is 502 g/mol. The molecule has 2 amide bonds. The van der Waals surface area contributed by atoms with E-state index in [9.17, 15) is 14.4 Å². The molecule has 0 spiro atoms. The fourth-order valence-corrected chi connectivity index (χ4v) is 3.61. The summed E-state index contributed by atoms with van der Waals surface area (Å²) < 4.78 is 10.6. The van der Waals surface area contributed by atoms with Crippen LogP contribution in [0, 0.1) is 6.92 Å². The summed E-state index contributed by atoms with van der Waals surface area (Å²) in [7, 11) is 6.07. The average molecular weight is 503 g/mol. The number of nitrogens with one attached hydrogen (secondary N) is 2. The number of amides is 2. The number of aldehydes is 1. The van der Waals surface area contributed by atoms with Crippen LogP contribution in [-0.4, -0.2) is 66.4 Å². The van der Waals surface area contributed by atoms with Crippen molar-refractivity contribution in [1.29, 1.82) is 0 Å². The Kier molecular flexibility index (Phi) is 9.46. The maximum atomic E-state index is 12.4. The van der Waals surface area contributed by atoms with Gasteiger partial charge in [-0.25, -0.2) is 0 Å². The molecule has 2 rings (SSSR count). The van der Waals surface area contributed by atoms with Gasteiger partial charge in [0.05, 0.1) is 25.3 Å². The quantitative estimate of drug-likeness (QED) is 0.255. The van der Waals surface area contributed by atoms with E-state index in [-0.39, 0.29) is 10.6 Å². The van der Waals surface area contributed by atoms with Gasteiger partial charge in [-0.2, -0.15) is 0 Å². The van der Waals surface area contributed by atoms with Gasteiger partial charge >= 0.3 is 0 Å². The molecule has 0 atom stereocenters. The molecule has 0 unspecified atom stereocenters. The number of para-hydroxylation sites is 1. The maximum absolute atomic E-state index is 12.4. The number of thiocarbonyl (C=S) groups is 2. The first-order valence-corrected chi connectivity index (χ1v) is 10.9. The van der Waals surface area contributed by atoms with E-state index in [4.69, 9.17) is 33.9 Å². The molecule has 9 nitrogen and oxygen atoms in total. The largest absolute Gasteiger partial charge is 0.496 e. The van der Waals surface area contributed by atoms with Crippen LogP contribution in [0.25, 0.3) is 0 Å². The minimum absolute atomic E-state index is 0.180. The number of nitrogens with zero attached hydrogens (tertiary/aromatic N) is 2. The number of carbonyl (C=O) groups is 3. The Hall–Kier alpha value is -3.57. The molecule has 2 aromatic carbocycles. The van der Waals surface area contributed by atoms with Crippen LogP contribution in [0.15, 0.2) is 36.4 Å². The highest BCUT2D eigenvalue weighted by molar-refractivity contribution is 7.81. The summed E-state index contributed by atoms with van der Waals surface area (Å²) in [6.45, 7) is 1.89. The number of rotatable bonds is 7. The standard InChI is InChI=1S/C23H26N4O5S2/c1-14-8-6-10-16(21(14)32-5)23(34)27(3)25-20(30)12-19(29)24-26(2)22(33)15-9-7-11-18(31-4)17(15)13-28/h6-11,13H,12H2,1-5H3,(H,24,29)(H,25,30). The van der Waals surface area contributed by atoms with Gasteiger partial charge in [0.1, 0.15) is 27.9 Å². The van der Waals surface area contributed by atoms with Crippen molar-refractivity contribution in [3.63, 3.8) is 0 Å². The van der Waals surface area contributed by atoms with E-state index in [2.05, 4.69) is 10.9 Å². The van der Waals surface area contributed by atoms with E-state index in [0.717, 1.165) is 5.56 Å². The van der Waals surface area contributed by atoms with Crippen LogP contribution >= 0.6 is 24.4 Å². The van der Waals surface area contributed by atoms with Crippen LogP contribution in [0.5, 0.6) is 11.5 Å². The summed E-state index contributed by atoms with van der Waals surface area (Å²) in [5.74, 6) is -0.222. The number of hydrogen-bond donors (Lipinski definition) is 2. The van der Waals surface area contributed by atoms with Crippen molar-refractivity contribution in [3.05, 3.63) is 58.7 Å². The van der Waals surface area contributed by atoms with Crippen molar-refractivity contribution >= 4 is 52.5 Å². The van der Waals surface area contributed by atoms with Gasteiger partial charge in [-0.3, -0.25) is 35.3 Å². The third-order valence-corrected chi connectivity index (χ3v) is 5.78. The average Bonchev–Trinajstić information content (AvgIpc) is 2.81. The van der Waals surface area contributed by atoms with Crippen molar-refractivity contribution in [2.45, 2.75) is 13.3 Å². The Bertz CT molecular complexity index is 1120. The number of methoxy groups -OCH3 is 2. The van der Waals surface area contributed by atoms with Crippen LogP contribution in [0.4, 0.5) is 0 Å². The van der Waals surface area contributed by atoms with Crippen molar-refractivity contribution in [3.8, 4) is 11.5 Å². The van der Waals surface area contributed by atoms with E-state index >= 15 is 0 Å². The number of carbonyl (C=O) groups excluding carboxylic acids is 3. The first kappa shape index (κ1) is 26.7. The molecule has 0 fully saturated rings. The summed E-state index contributed by atoms with van der Waals surface area (Å²) in [6.07, 6.45) is 0.148. The Labute approximate surface area is 208 Å². The van der Waals surface area contributed by atoms with Gasteiger partial charge in [-0.05, 0) is 24.6 Å². The molecule has 180 valence electrons. The van der Waals surface area contributed by atoms with Crippen molar-refractivity contribution < 1.29 is 23.9 Å². The van der Waals surface area contributed by atoms with Crippen LogP contribution in [0.1, 0.15) is 33.5 Å². The van der Waals surface area contributed by atoms with Gasteiger partial charge < -0.3 is 9.47 Å². The molecule has 0 aromatic heterocycles. The highest BCUT2D eigenvalue weighted by Gasteiger charge is 2.20. The SMILES string of the molecule is COc1cccc(C(=S)N(C)NC(=O)CC(=O)NN(C)C(=S)c2cccc(C)c2OC)c1C=O. The molecule has 34 heavy (non-hydrogen) atoms. The normalized spacial score (nSPS) is 10.0. The van der Waals surface area contributed by atoms with Gasteiger partial charge in [0, 0.05) is 19.7 Å². The number of benzene rings is 2. The number of hydrazine groups is 2. The summed E-state index contributed by atoms with van der Waals surface area (Å²) in [4.78, 5) is 36.8. The molecule has 0 saturated carbocycles. The Balaban J connectivity index is 1.99. The highest BCUT2D eigenvalue weighted by atomic mass is 32.1. The smallest absolute Gasteiger partial charge is 0.248 e. The van der Waals surface area contributed by atoms with E-state index in [1.165, 1.54) is 24.2 Å². The van der Waals surface area contributed by atoms with Crippen LogP contribution in [-0.2, 0) is 9.59 Å². The Morgan fingerprint density at radius 1 is 0.912 bits per heavy atom. The topological polar surface area (TPSA) is 100 Å². The first-order valence-electron chi connectivity index (χ1n) is 10.0. The molecule has 0 aliphatic heterocycles. The lowest BCUT2D eigenvalue weighted by Crippen LogP contribution is -2.47. The molecule has 0 bridgehead atoms. The van der Waals surface area contributed by atoms with Gasteiger partial charge in [0.2, 0.25) is 11.8 Å². The van der Waals surface area contributed by atoms with E-state index in [1.807, 2.05) is 19.1 Å². The van der Waals surface area contributed by atoms with Crippen molar-refractivity contribution in [2.75, 3.05) is 28.3 Å². The summed E-state index contributed by atoms with van der Waals surface area (Å²) >= 11 is 10.8. The number of aryl methyl sites for hydroxylation is 1. The summed E-state index contributed by atoms with van der Waals surface area (Å²) in [6, 6.07) is 10.5. The predicted octanol–water partition coefficient (Wildman–Crippen LogP) is 2.19. The minimum atomic E-state index is -0.606. The van der Waals surface area contributed by atoms with E-state index < -0.39 is 18.2 Å². The van der Waals surface area contributed by atoms with E-state index in [0.29, 0.717) is 33.9 Å². The molecular weight excluding hydrogens is 476 g/mol.